The average molecular weight is 225 g/mol. The molecule has 1 heterocycles. The van der Waals surface area contributed by atoms with Crippen molar-refractivity contribution in [2.75, 3.05) is 26.7 Å². The Morgan fingerprint density at radius 2 is 2.12 bits per heavy atom. The second-order valence-electron chi connectivity index (χ2n) is 5.43. The first-order valence-corrected chi connectivity index (χ1v) is 6.35. The van der Waals surface area contributed by atoms with Gasteiger partial charge in [0.05, 0.1) is 6.54 Å². The Kier molecular flexibility index (Phi) is 3.82. The molecule has 0 aromatic carbocycles. The number of hydrogen-bond acceptors (Lipinski definition) is 3. The molecule has 92 valence electrons. The van der Waals surface area contributed by atoms with Gasteiger partial charge >= 0.3 is 0 Å². The molecule has 1 amide bonds. The molecular weight excluding hydrogens is 202 g/mol. The van der Waals surface area contributed by atoms with Crippen molar-refractivity contribution in [2.24, 2.45) is 17.6 Å². The first kappa shape index (κ1) is 11.9. The lowest BCUT2D eigenvalue weighted by atomic mass is 9.90. The molecule has 2 fully saturated rings. The Bertz CT molecular complexity index is 253. The fraction of sp³-hybridized carbons (Fsp3) is 0.917. The third kappa shape index (κ3) is 3.46. The molecule has 4 heteroatoms. The molecule has 0 radical (unpaired) electrons. The van der Waals surface area contributed by atoms with Gasteiger partial charge in [0.15, 0.2) is 0 Å². The van der Waals surface area contributed by atoms with Crippen molar-refractivity contribution in [1.82, 2.24) is 10.2 Å². The number of rotatable bonds is 5. The van der Waals surface area contributed by atoms with E-state index < -0.39 is 0 Å². The lowest BCUT2D eigenvalue weighted by Gasteiger charge is -2.37. The number of hydrogen-bond donors (Lipinski definition) is 2. The van der Waals surface area contributed by atoms with Gasteiger partial charge in [-0.05, 0) is 31.7 Å². The number of nitrogens with zero attached hydrogens (tertiary/aromatic N) is 1. The Morgan fingerprint density at radius 1 is 1.38 bits per heavy atom. The molecule has 1 aliphatic carbocycles. The number of primary amides is 1. The molecule has 16 heavy (non-hydrogen) atoms. The summed E-state index contributed by atoms with van der Waals surface area (Å²) >= 11 is 0. The van der Waals surface area contributed by atoms with Crippen molar-refractivity contribution < 1.29 is 4.79 Å². The number of amides is 1. The fourth-order valence-electron chi connectivity index (χ4n) is 2.86. The number of likely N-dealkylation sites (tertiary alicyclic amines) is 1. The summed E-state index contributed by atoms with van der Waals surface area (Å²) in [6, 6.07) is 0.525. The summed E-state index contributed by atoms with van der Waals surface area (Å²) < 4.78 is 0. The van der Waals surface area contributed by atoms with Gasteiger partial charge < -0.3 is 11.1 Å². The van der Waals surface area contributed by atoms with E-state index in [0.717, 1.165) is 24.9 Å². The molecule has 0 bridgehead atoms. The average Bonchev–Trinajstić information content (AvgIpc) is 3.00. The van der Waals surface area contributed by atoms with Gasteiger partial charge in [-0.2, -0.15) is 0 Å². The minimum absolute atomic E-state index is 0.207. The van der Waals surface area contributed by atoms with Crippen LogP contribution in [0.25, 0.3) is 0 Å². The molecule has 2 rings (SSSR count). The predicted octanol–water partition coefficient (Wildman–Crippen LogP) is 0.182. The van der Waals surface area contributed by atoms with Crippen LogP contribution >= 0.6 is 0 Å². The van der Waals surface area contributed by atoms with Crippen LogP contribution in [0.2, 0.25) is 0 Å². The summed E-state index contributed by atoms with van der Waals surface area (Å²) in [7, 11) is 2.01. The number of piperidine rings is 1. The summed E-state index contributed by atoms with van der Waals surface area (Å²) in [6.45, 7) is 2.43. The first-order chi connectivity index (χ1) is 7.67. The van der Waals surface area contributed by atoms with Crippen LogP contribution in [0, 0.1) is 11.8 Å². The minimum Gasteiger partial charge on any atom is -0.369 e. The van der Waals surface area contributed by atoms with E-state index in [-0.39, 0.29) is 5.91 Å². The highest BCUT2D eigenvalue weighted by Crippen LogP contribution is 2.37. The molecule has 0 spiro atoms. The maximum Gasteiger partial charge on any atom is 0.231 e. The SMILES string of the molecule is CNC1CC(CC2CC2)CN(CC(N)=O)C1. The number of carbonyl (C=O) groups is 1. The van der Waals surface area contributed by atoms with Crippen LogP contribution in [0.15, 0.2) is 0 Å². The van der Waals surface area contributed by atoms with Crippen LogP contribution in [-0.4, -0.2) is 43.5 Å². The first-order valence-electron chi connectivity index (χ1n) is 6.35. The van der Waals surface area contributed by atoms with Crippen molar-refractivity contribution in [1.29, 1.82) is 0 Å². The second-order valence-corrected chi connectivity index (χ2v) is 5.43. The lowest BCUT2D eigenvalue weighted by molar-refractivity contribution is -0.119. The summed E-state index contributed by atoms with van der Waals surface area (Å²) in [5, 5.41) is 3.34. The summed E-state index contributed by atoms with van der Waals surface area (Å²) in [5.74, 6) is 1.51. The molecule has 0 aromatic rings. The van der Waals surface area contributed by atoms with Gasteiger partial charge in [-0.1, -0.05) is 12.8 Å². The quantitative estimate of drug-likeness (QED) is 0.702. The largest absolute Gasteiger partial charge is 0.369 e. The highest BCUT2D eigenvalue weighted by Gasteiger charge is 2.31. The van der Waals surface area contributed by atoms with Crippen LogP contribution in [0.4, 0.5) is 0 Å². The number of carbonyl (C=O) groups excluding carboxylic acids is 1. The van der Waals surface area contributed by atoms with Gasteiger partial charge in [-0.25, -0.2) is 0 Å². The van der Waals surface area contributed by atoms with E-state index in [1.165, 1.54) is 25.7 Å². The highest BCUT2D eigenvalue weighted by molar-refractivity contribution is 5.75. The van der Waals surface area contributed by atoms with Gasteiger partial charge in [0.2, 0.25) is 5.91 Å². The van der Waals surface area contributed by atoms with E-state index in [1.54, 1.807) is 0 Å². The van der Waals surface area contributed by atoms with Crippen molar-refractivity contribution in [3.63, 3.8) is 0 Å². The van der Waals surface area contributed by atoms with Gasteiger partial charge in [0.25, 0.3) is 0 Å². The minimum atomic E-state index is -0.207. The molecule has 1 saturated carbocycles. The Balaban J connectivity index is 1.85. The maximum absolute atomic E-state index is 11.0. The Hall–Kier alpha value is -0.610. The molecule has 2 aliphatic rings. The molecule has 2 atom stereocenters. The molecule has 1 saturated heterocycles. The van der Waals surface area contributed by atoms with Gasteiger partial charge in [0.1, 0.15) is 0 Å². The van der Waals surface area contributed by atoms with Crippen molar-refractivity contribution in [2.45, 2.75) is 31.7 Å². The predicted molar refractivity (Wildman–Crippen MR) is 63.9 cm³/mol. The van der Waals surface area contributed by atoms with Gasteiger partial charge in [-0.15, -0.1) is 0 Å². The van der Waals surface area contributed by atoms with E-state index >= 15 is 0 Å². The standard InChI is InChI=1S/C12H23N3O/c1-14-11-5-10(4-9-2-3-9)6-15(7-11)8-12(13)16/h9-11,14H,2-8H2,1H3,(H2,13,16). The molecule has 3 N–H and O–H groups in total. The summed E-state index contributed by atoms with van der Waals surface area (Å²) in [5.41, 5.74) is 5.27. The zero-order chi connectivity index (χ0) is 11.5. The van der Waals surface area contributed by atoms with Gasteiger partial charge in [0, 0.05) is 19.1 Å². The molecule has 4 nitrogen and oxygen atoms in total. The Labute approximate surface area is 97.6 Å². The number of nitrogens with one attached hydrogen (secondary N) is 1. The molecule has 1 aliphatic heterocycles. The Morgan fingerprint density at radius 3 is 2.69 bits per heavy atom. The number of likely N-dealkylation sites (N-methyl/N-ethyl adjacent to an activating group) is 1. The van der Waals surface area contributed by atoms with E-state index in [2.05, 4.69) is 10.2 Å². The maximum atomic E-state index is 11.0. The fourth-order valence-corrected chi connectivity index (χ4v) is 2.86. The molecular formula is C12H23N3O. The van der Waals surface area contributed by atoms with Crippen molar-refractivity contribution in [3.05, 3.63) is 0 Å². The monoisotopic (exact) mass is 225 g/mol. The summed E-state index contributed by atoms with van der Waals surface area (Å²) in [6.07, 6.45) is 5.42. The van der Waals surface area contributed by atoms with E-state index in [0.29, 0.717) is 12.6 Å². The van der Waals surface area contributed by atoms with Crippen LogP contribution in [0.5, 0.6) is 0 Å². The third-order valence-corrected chi connectivity index (χ3v) is 3.76. The lowest BCUT2D eigenvalue weighted by Crippen LogP contribution is -2.50. The van der Waals surface area contributed by atoms with Crippen LogP contribution in [-0.2, 0) is 4.79 Å². The van der Waals surface area contributed by atoms with Gasteiger partial charge in [-0.3, -0.25) is 9.69 Å². The second kappa shape index (κ2) is 5.15. The highest BCUT2D eigenvalue weighted by atomic mass is 16.1. The van der Waals surface area contributed by atoms with E-state index in [9.17, 15) is 4.79 Å². The summed E-state index contributed by atoms with van der Waals surface area (Å²) in [4.78, 5) is 13.2. The number of nitrogens with two attached hydrogens (primary N) is 1. The zero-order valence-corrected chi connectivity index (χ0v) is 10.1. The normalized spacial score (nSPS) is 31.6. The van der Waals surface area contributed by atoms with E-state index in [1.807, 2.05) is 7.05 Å². The molecule has 2 unspecified atom stereocenters. The van der Waals surface area contributed by atoms with Crippen LogP contribution < -0.4 is 11.1 Å². The molecule has 0 aromatic heterocycles. The topological polar surface area (TPSA) is 58.4 Å². The third-order valence-electron chi connectivity index (χ3n) is 3.76. The van der Waals surface area contributed by atoms with Crippen molar-refractivity contribution >= 4 is 5.91 Å². The van der Waals surface area contributed by atoms with E-state index in [4.69, 9.17) is 5.73 Å². The smallest absolute Gasteiger partial charge is 0.231 e. The van der Waals surface area contributed by atoms with Crippen LogP contribution in [0.3, 0.4) is 0 Å². The van der Waals surface area contributed by atoms with Crippen LogP contribution in [0.1, 0.15) is 25.7 Å². The zero-order valence-electron chi connectivity index (χ0n) is 10.1. The van der Waals surface area contributed by atoms with Crippen molar-refractivity contribution in [3.8, 4) is 0 Å².